The molecule has 0 saturated carbocycles. The fourth-order valence-corrected chi connectivity index (χ4v) is 6.42. The molecule has 0 bridgehead atoms. The van der Waals surface area contributed by atoms with E-state index < -0.39 is 29.0 Å². The zero-order chi connectivity index (χ0) is 22.7. The lowest BCUT2D eigenvalue weighted by Crippen LogP contribution is -2.52. The van der Waals surface area contributed by atoms with Gasteiger partial charge in [0.15, 0.2) is 5.78 Å². The lowest BCUT2D eigenvalue weighted by atomic mass is 9.68. The molecule has 4 unspecified atom stereocenters. The molecule has 4 atom stereocenters. The predicted molar refractivity (Wildman–Crippen MR) is 120 cm³/mol. The highest BCUT2D eigenvalue weighted by Gasteiger charge is 2.69. The smallest absolute Gasteiger partial charge is 0.250 e. The molecule has 33 heavy (non-hydrogen) atoms. The Morgan fingerprint density at radius 2 is 1.76 bits per heavy atom. The summed E-state index contributed by atoms with van der Waals surface area (Å²) in [5, 5.41) is 2.99. The third-order valence-electron chi connectivity index (χ3n) is 7.57. The largest absolute Gasteiger partial charge is 0.324 e. The number of amides is 1. The van der Waals surface area contributed by atoms with Crippen LogP contribution in [0.1, 0.15) is 40.2 Å². The van der Waals surface area contributed by atoms with Crippen molar-refractivity contribution in [1.82, 2.24) is 4.90 Å². The summed E-state index contributed by atoms with van der Waals surface area (Å²) < 4.78 is 29.0. The molecule has 6 heteroatoms. The standard InChI is InChI=1S/C27H22F2N2O2/c28-17-12-13-18(20(29)15-17)23-22-11-6-14-31(22)27(19-9-4-5-10-21(19)30-26(27)33)24(23)25(32)16-7-2-1-3-8-16/h1-5,7-10,12-13,15,22-24H,6,11,14H2,(H,30,33). The molecule has 6 rings (SSSR count). The average molecular weight is 444 g/mol. The molecule has 1 amide bonds. The van der Waals surface area contributed by atoms with E-state index in [-0.39, 0.29) is 23.3 Å². The van der Waals surface area contributed by atoms with Gasteiger partial charge in [-0.15, -0.1) is 0 Å². The van der Waals surface area contributed by atoms with E-state index in [0.717, 1.165) is 24.5 Å². The molecule has 1 spiro atoms. The Morgan fingerprint density at radius 1 is 1.00 bits per heavy atom. The Kier molecular flexibility index (Phi) is 4.49. The number of carbonyl (C=O) groups excluding carboxylic acids is 2. The lowest BCUT2D eigenvalue weighted by Gasteiger charge is -2.36. The molecule has 0 radical (unpaired) electrons. The SMILES string of the molecule is O=C(c1ccccc1)C1C(c2ccc(F)cc2F)C2CCCN2C12C(=O)Nc1ccccc12. The molecule has 0 aromatic heterocycles. The van der Waals surface area contributed by atoms with Crippen LogP contribution in [0.4, 0.5) is 14.5 Å². The fourth-order valence-electron chi connectivity index (χ4n) is 6.42. The number of nitrogens with zero attached hydrogens (tertiary/aromatic N) is 1. The van der Waals surface area contributed by atoms with E-state index in [2.05, 4.69) is 10.2 Å². The van der Waals surface area contributed by atoms with E-state index in [1.807, 2.05) is 30.3 Å². The van der Waals surface area contributed by atoms with Gasteiger partial charge in [-0.2, -0.15) is 0 Å². The zero-order valence-corrected chi connectivity index (χ0v) is 17.8. The van der Waals surface area contributed by atoms with Gasteiger partial charge < -0.3 is 5.32 Å². The number of benzene rings is 3. The second kappa shape index (κ2) is 7.32. The van der Waals surface area contributed by atoms with Crippen molar-refractivity contribution in [3.63, 3.8) is 0 Å². The number of anilines is 1. The number of fused-ring (bicyclic) bond motifs is 4. The third kappa shape index (κ3) is 2.70. The van der Waals surface area contributed by atoms with Crippen molar-refractivity contribution in [3.8, 4) is 0 Å². The Morgan fingerprint density at radius 3 is 2.55 bits per heavy atom. The highest BCUT2D eigenvalue weighted by Crippen LogP contribution is 2.61. The summed E-state index contributed by atoms with van der Waals surface area (Å²) >= 11 is 0. The maximum atomic E-state index is 15.2. The van der Waals surface area contributed by atoms with Crippen molar-refractivity contribution in [2.75, 3.05) is 11.9 Å². The first-order valence-electron chi connectivity index (χ1n) is 11.3. The van der Waals surface area contributed by atoms with E-state index in [1.165, 1.54) is 12.1 Å². The van der Waals surface area contributed by atoms with Gasteiger partial charge in [0.25, 0.3) is 0 Å². The van der Waals surface area contributed by atoms with Crippen LogP contribution in [-0.4, -0.2) is 29.2 Å². The highest BCUT2D eigenvalue weighted by atomic mass is 19.1. The average Bonchev–Trinajstić information content (AvgIpc) is 3.48. The van der Waals surface area contributed by atoms with Gasteiger partial charge >= 0.3 is 0 Å². The number of rotatable bonds is 3. The van der Waals surface area contributed by atoms with Gasteiger partial charge in [-0.3, -0.25) is 14.5 Å². The number of para-hydroxylation sites is 1. The zero-order valence-electron chi connectivity index (χ0n) is 17.8. The quantitative estimate of drug-likeness (QED) is 0.587. The maximum Gasteiger partial charge on any atom is 0.250 e. The molecular weight excluding hydrogens is 422 g/mol. The first-order chi connectivity index (χ1) is 16.0. The molecule has 3 aromatic carbocycles. The van der Waals surface area contributed by atoms with Crippen molar-refractivity contribution in [1.29, 1.82) is 0 Å². The van der Waals surface area contributed by atoms with Crippen LogP contribution < -0.4 is 5.32 Å². The number of hydrogen-bond donors (Lipinski definition) is 1. The van der Waals surface area contributed by atoms with E-state index in [0.29, 0.717) is 17.8 Å². The number of Topliss-reactive ketones (excluding diaryl/α,β-unsaturated/α-hetero) is 1. The highest BCUT2D eigenvalue weighted by molar-refractivity contribution is 6.12. The normalized spacial score (nSPS) is 28.1. The number of carbonyl (C=O) groups is 2. The van der Waals surface area contributed by atoms with E-state index in [9.17, 15) is 14.0 Å². The van der Waals surface area contributed by atoms with Crippen LogP contribution in [0.2, 0.25) is 0 Å². The van der Waals surface area contributed by atoms with Crippen LogP contribution in [0.5, 0.6) is 0 Å². The van der Waals surface area contributed by atoms with Gasteiger partial charge in [0.05, 0.1) is 5.92 Å². The maximum absolute atomic E-state index is 15.2. The summed E-state index contributed by atoms with van der Waals surface area (Å²) in [6, 6.07) is 19.6. The summed E-state index contributed by atoms with van der Waals surface area (Å²) in [6.07, 6.45) is 1.57. The first kappa shape index (κ1) is 20.2. The van der Waals surface area contributed by atoms with Crippen LogP contribution in [-0.2, 0) is 10.3 Å². The van der Waals surface area contributed by atoms with Gasteiger partial charge in [0.1, 0.15) is 17.2 Å². The van der Waals surface area contributed by atoms with Crippen molar-refractivity contribution in [2.24, 2.45) is 5.92 Å². The minimum atomic E-state index is -1.24. The van der Waals surface area contributed by atoms with Gasteiger partial charge in [0, 0.05) is 34.8 Å². The lowest BCUT2D eigenvalue weighted by molar-refractivity contribution is -0.127. The molecule has 3 aromatic rings. The Labute approximate surface area is 190 Å². The van der Waals surface area contributed by atoms with Crippen LogP contribution in [0.3, 0.4) is 0 Å². The molecule has 4 nitrogen and oxygen atoms in total. The molecule has 166 valence electrons. The van der Waals surface area contributed by atoms with Crippen molar-refractivity contribution < 1.29 is 18.4 Å². The summed E-state index contributed by atoms with van der Waals surface area (Å²) in [4.78, 5) is 30.1. The molecule has 3 heterocycles. The summed E-state index contributed by atoms with van der Waals surface area (Å²) in [5.41, 5.74) is 0.959. The predicted octanol–water partition coefficient (Wildman–Crippen LogP) is 4.87. The van der Waals surface area contributed by atoms with Crippen molar-refractivity contribution >= 4 is 17.4 Å². The minimum absolute atomic E-state index is 0.203. The van der Waals surface area contributed by atoms with E-state index in [4.69, 9.17) is 0 Å². The van der Waals surface area contributed by atoms with Crippen molar-refractivity contribution in [2.45, 2.75) is 30.3 Å². The molecule has 3 aliphatic heterocycles. The summed E-state index contributed by atoms with van der Waals surface area (Å²) in [7, 11) is 0. The number of ketones is 1. The monoisotopic (exact) mass is 444 g/mol. The van der Waals surface area contributed by atoms with Gasteiger partial charge in [0.2, 0.25) is 5.91 Å². The van der Waals surface area contributed by atoms with Gasteiger partial charge in [-0.25, -0.2) is 8.78 Å². The van der Waals surface area contributed by atoms with Gasteiger partial charge in [-0.1, -0.05) is 54.6 Å². The van der Waals surface area contributed by atoms with E-state index in [1.54, 1.807) is 24.3 Å². The van der Waals surface area contributed by atoms with Crippen LogP contribution in [0, 0.1) is 17.6 Å². The molecule has 0 aliphatic carbocycles. The Bertz CT molecular complexity index is 1280. The topological polar surface area (TPSA) is 49.4 Å². The minimum Gasteiger partial charge on any atom is -0.324 e. The van der Waals surface area contributed by atoms with Crippen LogP contribution >= 0.6 is 0 Å². The Balaban J connectivity index is 1.63. The summed E-state index contributed by atoms with van der Waals surface area (Å²) in [5.74, 6) is -3.24. The molecular formula is C27H22F2N2O2. The number of hydrogen-bond acceptors (Lipinski definition) is 3. The molecule has 2 saturated heterocycles. The third-order valence-corrected chi connectivity index (χ3v) is 7.57. The van der Waals surface area contributed by atoms with Crippen LogP contribution in [0.25, 0.3) is 0 Å². The number of halogens is 2. The first-order valence-corrected chi connectivity index (χ1v) is 11.3. The molecule has 1 N–H and O–H groups in total. The van der Waals surface area contributed by atoms with Crippen LogP contribution in [0.15, 0.2) is 72.8 Å². The van der Waals surface area contributed by atoms with E-state index >= 15 is 4.39 Å². The van der Waals surface area contributed by atoms with Crippen molar-refractivity contribution in [3.05, 3.63) is 101 Å². The fraction of sp³-hybridized carbons (Fsp3) is 0.259. The molecule has 2 fully saturated rings. The number of nitrogens with one attached hydrogen (secondary N) is 1. The summed E-state index contributed by atoms with van der Waals surface area (Å²) in [6.45, 7) is 0.629. The second-order valence-electron chi connectivity index (χ2n) is 9.07. The van der Waals surface area contributed by atoms with Gasteiger partial charge in [-0.05, 0) is 37.1 Å². The second-order valence-corrected chi connectivity index (χ2v) is 9.07. The Hall–Kier alpha value is -3.38. The molecule has 3 aliphatic rings.